The molecule has 1 aliphatic heterocycles. The third kappa shape index (κ3) is 4.54. The Hall–Kier alpha value is -3.66. The number of aryl methyl sites for hydroxylation is 1. The van der Waals surface area contributed by atoms with Crippen LogP contribution in [0.3, 0.4) is 0 Å². The number of Topliss-reactive ketones (excluding diaryl/α,β-unsaturated/α-hetero) is 2. The monoisotopic (exact) mass is 479 g/mol. The van der Waals surface area contributed by atoms with E-state index in [4.69, 9.17) is 5.73 Å². The lowest BCUT2D eigenvalue weighted by Gasteiger charge is -2.24. The van der Waals surface area contributed by atoms with Gasteiger partial charge in [-0.2, -0.15) is 4.40 Å². The number of pyridine rings is 1. The van der Waals surface area contributed by atoms with Gasteiger partial charge in [0.05, 0.1) is 22.5 Å². The highest BCUT2D eigenvalue weighted by molar-refractivity contribution is 8.03. The third-order valence-corrected chi connectivity index (χ3v) is 6.54. The van der Waals surface area contributed by atoms with Crippen LogP contribution in [0.25, 0.3) is 10.9 Å². The molecule has 0 saturated heterocycles. The number of aromatic nitrogens is 1. The molecule has 9 nitrogen and oxygen atoms in total. The molecule has 2 aliphatic rings. The minimum absolute atomic E-state index is 0.0694. The molecule has 2 aromatic rings. The van der Waals surface area contributed by atoms with Gasteiger partial charge in [-0.1, -0.05) is 26.0 Å². The number of allylic oxidation sites excluding steroid dienone is 3. The Morgan fingerprint density at radius 2 is 2.09 bits per heavy atom. The summed E-state index contributed by atoms with van der Waals surface area (Å²) >= 11 is 0.791. The minimum atomic E-state index is -1.13. The number of primary amides is 1. The summed E-state index contributed by atoms with van der Waals surface area (Å²) in [5, 5.41) is 15.6. The molecule has 0 saturated carbocycles. The van der Waals surface area contributed by atoms with Crippen molar-refractivity contribution in [1.82, 2.24) is 10.3 Å². The highest BCUT2D eigenvalue weighted by Gasteiger charge is 2.38. The lowest BCUT2D eigenvalue weighted by Crippen LogP contribution is -2.36. The number of rotatable bonds is 6. The molecule has 1 unspecified atom stereocenters. The third-order valence-electron chi connectivity index (χ3n) is 5.66. The van der Waals surface area contributed by atoms with Crippen LogP contribution in [0, 0.1) is 11.8 Å². The Bertz CT molecular complexity index is 1370. The van der Waals surface area contributed by atoms with Gasteiger partial charge in [0.25, 0.3) is 5.56 Å². The van der Waals surface area contributed by atoms with Gasteiger partial charge >= 0.3 is 0 Å². The van der Waals surface area contributed by atoms with Crippen molar-refractivity contribution in [3.63, 3.8) is 0 Å². The first-order chi connectivity index (χ1) is 16.2. The van der Waals surface area contributed by atoms with Crippen LogP contribution in [-0.4, -0.2) is 33.4 Å². The normalized spacial score (nSPS) is 18.4. The van der Waals surface area contributed by atoms with Crippen molar-refractivity contribution in [3.05, 3.63) is 62.4 Å². The number of amidine groups is 1. The number of ketones is 2. The molecule has 0 bridgehead atoms. The lowest BCUT2D eigenvalue weighted by atomic mass is 9.89. The molecule has 2 heterocycles. The van der Waals surface area contributed by atoms with Gasteiger partial charge in [0.2, 0.25) is 5.91 Å². The number of aromatic hydroxyl groups is 1. The second-order valence-electron chi connectivity index (χ2n) is 8.63. The van der Waals surface area contributed by atoms with Gasteiger partial charge < -0.3 is 15.8 Å². The number of carbonyl (C=O) groups excluding carboxylic acids is 3. The van der Waals surface area contributed by atoms with Crippen LogP contribution in [0.15, 0.2) is 50.1 Å². The van der Waals surface area contributed by atoms with Gasteiger partial charge in [0.1, 0.15) is 17.2 Å². The summed E-state index contributed by atoms with van der Waals surface area (Å²) in [4.78, 5) is 51.9. The van der Waals surface area contributed by atoms with Gasteiger partial charge in [-0.05, 0) is 42.5 Å². The predicted molar refractivity (Wildman–Crippen MR) is 129 cm³/mol. The van der Waals surface area contributed by atoms with Crippen molar-refractivity contribution in [2.24, 2.45) is 22.0 Å². The van der Waals surface area contributed by atoms with Crippen LogP contribution in [-0.2, 0) is 20.8 Å². The molecular formula is C24H23N4O5S. The fourth-order valence-electron chi connectivity index (χ4n) is 3.84. The molecule has 0 spiro atoms. The second kappa shape index (κ2) is 9.30. The van der Waals surface area contributed by atoms with Crippen LogP contribution in [0.5, 0.6) is 5.75 Å². The molecule has 1 atom stereocenters. The topological polar surface area (TPSA) is 157 Å². The average Bonchev–Trinajstić information content (AvgIpc) is 2.77. The van der Waals surface area contributed by atoms with E-state index in [0.717, 1.165) is 36.4 Å². The van der Waals surface area contributed by atoms with E-state index in [0.29, 0.717) is 16.8 Å². The van der Waals surface area contributed by atoms with Crippen molar-refractivity contribution in [3.8, 4) is 5.75 Å². The van der Waals surface area contributed by atoms with E-state index < -0.39 is 29.0 Å². The number of fused-ring (bicyclic) bond motifs is 1. The number of nitrogens with zero attached hydrogens (tertiary/aromatic N) is 2. The molecule has 1 amide bonds. The van der Waals surface area contributed by atoms with Gasteiger partial charge in [-0.25, -0.2) is 5.32 Å². The number of H-pyrrole nitrogens is 1. The summed E-state index contributed by atoms with van der Waals surface area (Å²) in [6, 6.07) is 5.49. The maximum Gasteiger partial charge on any atom is 0.263 e. The van der Waals surface area contributed by atoms with Gasteiger partial charge in [-0.15, -0.1) is 0 Å². The van der Waals surface area contributed by atoms with E-state index >= 15 is 0 Å². The zero-order chi connectivity index (χ0) is 24.6. The molecule has 0 fully saturated rings. The number of aromatic amines is 1. The molecule has 1 radical (unpaired) electrons. The van der Waals surface area contributed by atoms with Gasteiger partial charge in [0.15, 0.2) is 17.4 Å². The van der Waals surface area contributed by atoms with E-state index in [1.54, 1.807) is 6.07 Å². The summed E-state index contributed by atoms with van der Waals surface area (Å²) in [6.07, 6.45) is 3.83. The minimum Gasteiger partial charge on any atom is -0.506 e. The highest BCUT2D eigenvalue weighted by Crippen LogP contribution is 2.37. The number of carbonyl (C=O) groups is 3. The van der Waals surface area contributed by atoms with E-state index in [1.165, 1.54) is 6.08 Å². The van der Waals surface area contributed by atoms with Gasteiger partial charge in [-0.3, -0.25) is 19.2 Å². The number of nitrogens with one attached hydrogen (secondary N) is 1. The highest BCUT2D eigenvalue weighted by atomic mass is 32.2. The largest absolute Gasteiger partial charge is 0.506 e. The van der Waals surface area contributed by atoms with Crippen LogP contribution < -0.4 is 16.6 Å². The maximum atomic E-state index is 12.9. The summed E-state index contributed by atoms with van der Waals surface area (Å²) < 4.78 is 4.16. The quantitative estimate of drug-likeness (QED) is 0.328. The lowest BCUT2D eigenvalue weighted by molar-refractivity contribution is -0.129. The van der Waals surface area contributed by atoms with Crippen molar-refractivity contribution in [2.75, 3.05) is 0 Å². The van der Waals surface area contributed by atoms with Gasteiger partial charge in [0, 0.05) is 17.3 Å². The molecule has 10 heteroatoms. The standard InChI is InChI=1S/C24H23N4O5S/c1-11(2)3-4-12-5-6-13-15(9-12)27-24(33)19(20(13)31)23-26-16-10-17(29)14(7-8-18(25)30)21(32)22(16)34-28-23/h5-9,11,14H,3-4,10H2,1-2H3,(H2,25,30)(H2,27,31,33)/b8-7+. The van der Waals surface area contributed by atoms with Crippen molar-refractivity contribution >= 4 is 46.2 Å². The van der Waals surface area contributed by atoms with Crippen molar-refractivity contribution in [2.45, 2.75) is 33.1 Å². The number of amides is 1. The van der Waals surface area contributed by atoms with E-state index in [2.05, 4.69) is 28.5 Å². The Kier molecular flexibility index (Phi) is 6.43. The molecule has 1 aromatic carbocycles. The number of hydrogen-bond donors (Lipinski definition) is 3. The Morgan fingerprint density at radius 3 is 2.79 bits per heavy atom. The number of nitrogens with two attached hydrogens (primary N) is 1. The molecular weight excluding hydrogens is 456 g/mol. The zero-order valence-corrected chi connectivity index (χ0v) is 19.4. The maximum absolute atomic E-state index is 12.9. The van der Waals surface area contributed by atoms with Crippen molar-refractivity contribution in [1.29, 1.82) is 0 Å². The molecule has 1 aromatic heterocycles. The first-order valence-electron chi connectivity index (χ1n) is 10.8. The molecule has 4 N–H and O–H groups in total. The van der Waals surface area contributed by atoms with E-state index in [-0.39, 0.29) is 34.2 Å². The predicted octanol–water partition coefficient (Wildman–Crippen LogP) is 2.25. The Morgan fingerprint density at radius 1 is 1.32 bits per heavy atom. The fraction of sp³-hybridized carbons (Fsp3) is 0.292. The average molecular weight is 480 g/mol. The van der Waals surface area contributed by atoms with Crippen LogP contribution in [0.2, 0.25) is 0 Å². The summed E-state index contributed by atoms with van der Waals surface area (Å²) in [5.41, 5.74) is 6.08. The summed E-state index contributed by atoms with van der Waals surface area (Å²) in [6.45, 7) is 4.28. The first kappa shape index (κ1) is 23.5. The Balaban J connectivity index is 1.64. The number of benzene rings is 1. The fourth-order valence-corrected chi connectivity index (χ4v) is 4.59. The summed E-state index contributed by atoms with van der Waals surface area (Å²) in [5.74, 6) is -2.67. The zero-order valence-electron chi connectivity index (χ0n) is 18.6. The smallest absolute Gasteiger partial charge is 0.263 e. The first-order valence-corrected chi connectivity index (χ1v) is 11.6. The molecule has 4 rings (SSSR count). The SMILES string of the molecule is CC(C)CCc1ccc2c(O)c(C3=NSC4=C(CC(=O)C(/C=C/C(N)=O)C4=O)[N]3)c(=O)[nH]c2c1. The van der Waals surface area contributed by atoms with Crippen LogP contribution in [0.4, 0.5) is 0 Å². The molecule has 175 valence electrons. The molecule has 1 aliphatic carbocycles. The van der Waals surface area contributed by atoms with Crippen LogP contribution in [0.1, 0.15) is 37.8 Å². The van der Waals surface area contributed by atoms with E-state index in [9.17, 15) is 24.3 Å². The summed E-state index contributed by atoms with van der Waals surface area (Å²) in [7, 11) is 0. The number of hydrogen-bond acceptors (Lipinski definition) is 7. The Labute approximate surface area is 199 Å². The van der Waals surface area contributed by atoms with Crippen molar-refractivity contribution < 1.29 is 19.5 Å². The molecule has 34 heavy (non-hydrogen) atoms. The van der Waals surface area contributed by atoms with E-state index in [1.807, 2.05) is 12.1 Å². The van der Waals surface area contributed by atoms with Crippen LogP contribution >= 0.6 is 11.9 Å². The second-order valence-corrected chi connectivity index (χ2v) is 9.40.